The van der Waals surface area contributed by atoms with Crippen molar-refractivity contribution in [1.29, 1.82) is 0 Å². The normalized spacial score (nSPS) is 22.5. The number of carbonyl (C=O) groups excluding carboxylic acids is 2. The van der Waals surface area contributed by atoms with Crippen LogP contribution in [-0.4, -0.2) is 37.6 Å². The Morgan fingerprint density at radius 3 is 2.60 bits per heavy atom. The topological polar surface area (TPSA) is 52.6 Å². The molecule has 2 aliphatic rings. The summed E-state index contributed by atoms with van der Waals surface area (Å²) in [6.07, 6.45) is 1.77. The molecule has 2 aromatic rings. The smallest absolute Gasteiger partial charge is 0.166 e. The molecule has 0 saturated carbocycles. The Bertz CT molecular complexity index is 918. The number of benzene rings is 2. The van der Waals surface area contributed by atoms with Gasteiger partial charge in [0.1, 0.15) is 18.5 Å². The van der Waals surface area contributed by atoms with Gasteiger partial charge in [-0.15, -0.1) is 0 Å². The summed E-state index contributed by atoms with van der Waals surface area (Å²) in [4.78, 5) is 25.6. The number of carbonyl (C=O) groups is 2. The average Bonchev–Trinajstić information content (AvgIpc) is 3.44. The highest BCUT2D eigenvalue weighted by Crippen LogP contribution is 2.45. The molecule has 158 valence electrons. The largest absolute Gasteiger partial charge is 0.486 e. The molecule has 0 aromatic heterocycles. The maximum absolute atomic E-state index is 13.9. The van der Waals surface area contributed by atoms with E-state index in [0.717, 1.165) is 30.6 Å². The van der Waals surface area contributed by atoms with Crippen LogP contribution in [0.15, 0.2) is 42.5 Å². The van der Waals surface area contributed by atoms with Crippen LogP contribution in [0.2, 0.25) is 0 Å². The Balaban J connectivity index is 1.71. The molecule has 2 heterocycles. The van der Waals surface area contributed by atoms with Crippen LogP contribution >= 0.6 is 0 Å². The van der Waals surface area contributed by atoms with Gasteiger partial charge in [0.15, 0.2) is 11.6 Å². The molecule has 0 N–H and O–H groups in total. The minimum Gasteiger partial charge on any atom is -0.486 e. The van der Waals surface area contributed by atoms with E-state index in [1.165, 1.54) is 0 Å². The number of fused-ring (bicyclic) bond motifs is 1. The first-order valence-corrected chi connectivity index (χ1v) is 10.7. The summed E-state index contributed by atoms with van der Waals surface area (Å²) >= 11 is 0. The van der Waals surface area contributed by atoms with Crippen LogP contribution in [0.25, 0.3) is 0 Å². The van der Waals surface area contributed by atoms with E-state index < -0.39 is 12.8 Å². The third kappa shape index (κ3) is 4.04. The fourth-order valence-corrected chi connectivity index (χ4v) is 4.46. The zero-order chi connectivity index (χ0) is 21.1. The van der Waals surface area contributed by atoms with Crippen LogP contribution in [0.1, 0.15) is 70.4 Å². The van der Waals surface area contributed by atoms with Crippen LogP contribution in [0.4, 0.5) is 4.39 Å². The summed E-state index contributed by atoms with van der Waals surface area (Å²) in [5.74, 6) is 0.405. The Hall–Kier alpha value is -2.53. The van der Waals surface area contributed by atoms with Gasteiger partial charge in [0.05, 0.1) is 11.5 Å². The fourth-order valence-electron chi connectivity index (χ4n) is 4.46. The number of Topliss-reactive ketones (excluding diaryl/α,β-unsaturated/α-hetero) is 2. The van der Waals surface area contributed by atoms with E-state index in [-0.39, 0.29) is 17.5 Å². The maximum Gasteiger partial charge on any atom is 0.166 e. The predicted octanol–water partition coefficient (Wildman–Crippen LogP) is 5.14. The number of ketones is 2. The van der Waals surface area contributed by atoms with Crippen LogP contribution < -0.4 is 4.74 Å². The van der Waals surface area contributed by atoms with E-state index >= 15 is 0 Å². The van der Waals surface area contributed by atoms with Crippen molar-refractivity contribution in [2.75, 3.05) is 19.9 Å². The molecule has 2 aromatic carbocycles. The highest BCUT2D eigenvalue weighted by Gasteiger charge is 2.38. The van der Waals surface area contributed by atoms with Crippen molar-refractivity contribution in [3.8, 4) is 5.75 Å². The molecule has 2 aliphatic heterocycles. The minimum absolute atomic E-state index is 0.00497. The first-order chi connectivity index (χ1) is 14.6. The van der Waals surface area contributed by atoms with Gasteiger partial charge in [-0.25, -0.2) is 4.39 Å². The lowest BCUT2D eigenvalue weighted by atomic mass is 9.85. The Kier molecular flexibility index (Phi) is 6.28. The van der Waals surface area contributed by atoms with E-state index in [0.29, 0.717) is 42.2 Å². The molecular weight excluding hydrogens is 383 g/mol. The molecule has 1 unspecified atom stereocenters. The second-order valence-electron chi connectivity index (χ2n) is 8.11. The molecule has 1 fully saturated rings. The molecule has 4 rings (SSSR count). The standard InChI is InChI=1S/C25H27FO4/c1-2-21(27)19-12-18(22(28)9-8-16-10-11-29-15-16)13-20-24(17-6-4-3-5-7-17)23(14-26)30-25(19)20/h3-7,12-13,16,23-24H,2,8-11,14-15H2,1H3/t16?,23-,24+/m1/s1. The van der Waals surface area contributed by atoms with Crippen molar-refractivity contribution >= 4 is 11.6 Å². The predicted molar refractivity (Wildman–Crippen MR) is 112 cm³/mol. The third-order valence-electron chi connectivity index (χ3n) is 6.15. The lowest BCUT2D eigenvalue weighted by Crippen LogP contribution is -2.22. The van der Waals surface area contributed by atoms with Crippen molar-refractivity contribution in [2.45, 2.75) is 44.6 Å². The molecule has 0 radical (unpaired) electrons. The Morgan fingerprint density at radius 1 is 1.13 bits per heavy atom. The van der Waals surface area contributed by atoms with Crippen molar-refractivity contribution < 1.29 is 23.5 Å². The van der Waals surface area contributed by atoms with Crippen molar-refractivity contribution in [1.82, 2.24) is 0 Å². The number of rotatable bonds is 8. The highest BCUT2D eigenvalue weighted by molar-refractivity contribution is 6.04. The van der Waals surface area contributed by atoms with Gasteiger partial charge in [-0.05, 0) is 36.5 Å². The highest BCUT2D eigenvalue weighted by atomic mass is 19.1. The van der Waals surface area contributed by atoms with E-state index in [1.807, 2.05) is 36.4 Å². The second kappa shape index (κ2) is 9.09. The van der Waals surface area contributed by atoms with Crippen molar-refractivity contribution in [3.63, 3.8) is 0 Å². The maximum atomic E-state index is 13.9. The molecule has 30 heavy (non-hydrogen) atoms. The van der Waals surface area contributed by atoms with Crippen LogP contribution in [0, 0.1) is 5.92 Å². The van der Waals surface area contributed by atoms with Crippen LogP contribution in [-0.2, 0) is 4.74 Å². The van der Waals surface area contributed by atoms with Gasteiger partial charge in [-0.2, -0.15) is 0 Å². The summed E-state index contributed by atoms with van der Waals surface area (Å²) < 4.78 is 25.2. The zero-order valence-electron chi connectivity index (χ0n) is 17.2. The quantitative estimate of drug-likeness (QED) is 0.566. The summed E-state index contributed by atoms with van der Waals surface area (Å²) in [5, 5.41) is 0. The molecule has 5 heteroatoms. The van der Waals surface area contributed by atoms with Gasteiger partial charge in [0.2, 0.25) is 0 Å². The summed E-state index contributed by atoms with van der Waals surface area (Å²) in [7, 11) is 0. The average molecular weight is 410 g/mol. The molecule has 0 bridgehead atoms. The van der Waals surface area contributed by atoms with Gasteiger partial charge < -0.3 is 9.47 Å². The second-order valence-corrected chi connectivity index (χ2v) is 8.11. The minimum atomic E-state index is -0.702. The Labute approximate surface area is 176 Å². The molecule has 3 atom stereocenters. The van der Waals surface area contributed by atoms with Crippen molar-refractivity contribution in [2.24, 2.45) is 5.92 Å². The Morgan fingerprint density at radius 2 is 1.93 bits per heavy atom. The van der Waals surface area contributed by atoms with Gasteiger partial charge in [0, 0.05) is 37.2 Å². The van der Waals surface area contributed by atoms with Gasteiger partial charge in [-0.3, -0.25) is 9.59 Å². The van der Waals surface area contributed by atoms with Gasteiger partial charge in [0.25, 0.3) is 0 Å². The summed E-state index contributed by atoms with van der Waals surface area (Å²) in [6.45, 7) is 2.57. The summed E-state index contributed by atoms with van der Waals surface area (Å²) in [5.41, 5.74) is 2.55. The number of alkyl halides is 1. The van der Waals surface area contributed by atoms with E-state index in [9.17, 15) is 14.0 Å². The van der Waals surface area contributed by atoms with Gasteiger partial charge in [-0.1, -0.05) is 37.3 Å². The molecule has 4 nitrogen and oxygen atoms in total. The van der Waals surface area contributed by atoms with Crippen LogP contribution in [0.5, 0.6) is 5.75 Å². The fraction of sp³-hybridized carbons (Fsp3) is 0.440. The zero-order valence-corrected chi connectivity index (χ0v) is 17.2. The lowest BCUT2D eigenvalue weighted by Gasteiger charge is -2.16. The first-order valence-electron chi connectivity index (χ1n) is 10.7. The molecule has 1 saturated heterocycles. The van der Waals surface area contributed by atoms with Crippen molar-refractivity contribution in [3.05, 3.63) is 64.7 Å². The van der Waals surface area contributed by atoms with Gasteiger partial charge >= 0.3 is 0 Å². The number of hydrogen-bond acceptors (Lipinski definition) is 4. The SMILES string of the molecule is CCC(=O)c1cc(C(=O)CCC2CCOC2)cc2c1O[C@H](CF)[C@H]2c1ccccc1. The van der Waals surface area contributed by atoms with E-state index in [4.69, 9.17) is 9.47 Å². The molecular formula is C25H27FO4. The molecule has 0 aliphatic carbocycles. The third-order valence-corrected chi connectivity index (χ3v) is 6.15. The first kappa shape index (κ1) is 20.7. The summed E-state index contributed by atoms with van der Waals surface area (Å²) in [6, 6.07) is 13.0. The molecule has 0 spiro atoms. The number of hydrogen-bond donors (Lipinski definition) is 0. The van der Waals surface area contributed by atoms with E-state index in [2.05, 4.69) is 0 Å². The lowest BCUT2D eigenvalue weighted by molar-refractivity contribution is 0.0971. The number of halogens is 1. The van der Waals surface area contributed by atoms with E-state index in [1.54, 1.807) is 13.0 Å². The number of ether oxygens (including phenoxy) is 2. The monoisotopic (exact) mass is 410 g/mol. The molecule has 0 amide bonds. The van der Waals surface area contributed by atoms with Crippen LogP contribution in [0.3, 0.4) is 0 Å².